The Morgan fingerprint density at radius 2 is 2.00 bits per heavy atom. The first-order chi connectivity index (χ1) is 11.1. The summed E-state index contributed by atoms with van der Waals surface area (Å²) in [6.45, 7) is 4.72. The highest BCUT2D eigenvalue weighted by atomic mass is 35.5. The van der Waals surface area contributed by atoms with Gasteiger partial charge in [-0.2, -0.15) is 0 Å². The molecule has 0 unspecified atom stereocenters. The predicted octanol–water partition coefficient (Wildman–Crippen LogP) is 1.33. The van der Waals surface area contributed by atoms with E-state index in [1.165, 1.54) is 24.1 Å². The van der Waals surface area contributed by atoms with Crippen LogP contribution in [0.3, 0.4) is 0 Å². The van der Waals surface area contributed by atoms with Crippen molar-refractivity contribution in [3.63, 3.8) is 0 Å². The number of amides is 1. The molecule has 9 heteroatoms. The standard InChI is InChI=1S/C15H24ClN3O4S/c1-6-17-10(2)9-18-24(21,22)13-8-11(16)7-12(14(13)23-5)15(20)19(3)4/h7-8,10,17-18H,6,9H2,1-5H3/t10-/m1/s1. The number of methoxy groups -OCH3 is 1. The van der Waals surface area contributed by atoms with Gasteiger partial charge in [0.05, 0.1) is 12.7 Å². The zero-order valence-electron chi connectivity index (χ0n) is 14.5. The van der Waals surface area contributed by atoms with Crippen LogP contribution in [0.4, 0.5) is 0 Å². The lowest BCUT2D eigenvalue weighted by Gasteiger charge is -2.18. The van der Waals surface area contributed by atoms with E-state index in [1.807, 2.05) is 13.8 Å². The van der Waals surface area contributed by atoms with E-state index in [0.717, 1.165) is 6.54 Å². The first-order valence-electron chi connectivity index (χ1n) is 7.46. The Morgan fingerprint density at radius 1 is 1.38 bits per heavy atom. The third kappa shape index (κ3) is 5.07. The summed E-state index contributed by atoms with van der Waals surface area (Å²) in [5.74, 6) is -0.423. The number of halogens is 1. The second-order valence-corrected chi connectivity index (χ2v) is 7.67. The molecule has 2 N–H and O–H groups in total. The first-order valence-corrected chi connectivity index (χ1v) is 9.32. The van der Waals surface area contributed by atoms with Crippen molar-refractivity contribution < 1.29 is 17.9 Å². The molecule has 0 spiro atoms. The second kappa shape index (κ2) is 8.66. The molecule has 1 aromatic carbocycles. The smallest absolute Gasteiger partial charge is 0.257 e. The number of sulfonamides is 1. The third-order valence-corrected chi connectivity index (χ3v) is 4.93. The maximum absolute atomic E-state index is 12.6. The van der Waals surface area contributed by atoms with Crippen LogP contribution in [0.25, 0.3) is 0 Å². The van der Waals surface area contributed by atoms with Gasteiger partial charge in [-0.05, 0) is 25.6 Å². The van der Waals surface area contributed by atoms with Crippen LogP contribution in [0.2, 0.25) is 5.02 Å². The van der Waals surface area contributed by atoms with E-state index in [-0.39, 0.29) is 33.8 Å². The average Bonchev–Trinajstić information content (AvgIpc) is 2.51. The molecule has 1 aromatic rings. The Bertz CT molecular complexity index is 692. The molecule has 24 heavy (non-hydrogen) atoms. The van der Waals surface area contributed by atoms with Crippen molar-refractivity contribution in [1.82, 2.24) is 14.9 Å². The molecule has 0 aliphatic carbocycles. The molecule has 0 saturated carbocycles. The highest BCUT2D eigenvalue weighted by molar-refractivity contribution is 7.89. The number of benzene rings is 1. The molecule has 0 bridgehead atoms. The number of hydrogen-bond donors (Lipinski definition) is 2. The average molecular weight is 378 g/mol. The van der Waals surface area contributed by atoms with Gasteiger partial charge in [-0.1, -0.05) is 18.5 Å². The molecule has 7 nitrogen and oxygen atoms in total. The predicted molar refractivity (Wildman–Crippen MR) is 94.3 cm³/mol. The SMILES string of the molecule is CCN[C@H](C)CNS(=O)(=O)c1cc(Cl)cc(C(=O)N(C)C)c1OC. The molecule has 0 aliphatic rings. The Labute approximate surface area is 148 Å². The normalized spacial score (nSPS) is 12.8. The van der Waals surface area contributed by atoms with Gasteiger partial charge in [0, 0.05) is 31.7 Å². The second-order valence-electron chi connectivity index (χ2n) is 5.49. The summed E-state index contributed by atoms with van der Waals surface area (Å²) in [4.78, 5) is 13.4. The number of ether oxygens (including phenoxy) is 1. The quantitative estimate of drug-likeness (QED) is 0.713. The van der Waals surface area contributed by atoms with Crippen molar-refractivity contribution in [2.45, 2.75) is 24.8 Å². The number of carbonyl (C=O) groups excluding carboxylic acids is 1. The highest BCUT2D eigenvalue weighted by Crippen LogP contribution is 2.32. The number of nitrogens with zero attached hydrogens (tertiary/aromatic N) is 1. The van der Waals surface area contributed by atoms with Crippen LogP contribution < -0.4 is 14.8 Å². The molecule has 0 fully saturated rings. The minimum absolute atomic E-state index is 0.0262. The summed E-state index contributed by atoms with van der Waals surface area (Å²) in [5, 5.41) is 3.25. The van der Waals surface area contributed by atoms with E-state index >= 15 is 0 Å². The van der Waals surface area contributed by atoms with E-state index in [0.29, 0.717) is 0 Å². The van der Waals surface area contributed by atoms with Crippen molar-refractivity contribution in [2.75, 3.05) is 34.3 Å². The van der Waals surface area contributed by atoms with Gasteiger partial charge < -0.3 is 15.0 Å². The molecular formula is C15H24ClN3O4S. The van der Waals surface area contributed by atoms with Crippen LogP contribution in [0, 0.1) is 0 Å². The van der Waals surface area contributed by atoms with Gasteiger partial charge in [0.25, 0.3) is 5.91 Å². The Morgan fingerprint density at radius 3 is 2.50 bits per heavy atom. The Kier molecular flexibility index (Phi) is 7.47. The summed E-state index contributed by atoms with van der Waals surface area (Å²) in [6.07, 6.45) is 0. The lowest BCUT2D eigenvalue weighted by atomic mass is 10.2. The molecule has 136 valence electrons. The molecule has 0 radical (unpaired) electrons. The van der Waals surface area contributed by atoms with Gasteiger partial charge >= 0.3 is 0 Å². The monoisotopic (exact) mass is 377 g/mol. The van der Waals surface area contributed by atoms with Gasteiger partial charge in [-0.25, -0.2) is 13.1 Å². The van der Waals surface area contributed by atoms with Crippen LogP contribution in [-0.4, -0.2) is 59.6 Å². The largest absolute Gasteiger partial charge is 0.494 e. The molecule has 0 heterocycles. The molecule has 0 saturated heterocycles. The van der Waals surface area contributed by atoms with E-state index in [1.54, 1.807) is 14.1 Å². The maximum atomic E-state index is 12.6. The minimum atomic E-state index is -3.89. The molecule has 1 amide bonds. The Balaban J connectivity index is 3.29. The number of rotatable bonds is 8. The van der Waals surface area contributed by atoms with Crippen molar-refractivity contribution in [3.05, 3.63) is 22.7 Å². The first kappa shape index (κ1) is 20.7. The summed E-state index contributed by atoms with van der Waals surface area (Å²) in [5.41, 5.74) is 0.0927. The molecule has 1 atom stereocenters. The fourth-order valence-corrected chi connectivity index (χ4v) is 3.74. The molecule has 0 aromatic heterocycles. The number of hydrogen-bond acceptors (Lipinski definition) is 5. The zero-order valence-corrected chi connectivity index (χ0v) is 16.1. The molecule has 1 rings (SSSR count). The topological polar surface area (TPSA) is 87.7 Å². The lowest BCUT2D eigenvalue weighted by Crippen LogP contribution is -2.39. The fraction of sp³-hybridized carbons (Fsp3) is 0.533. The maximum Gasteiger partial charge on any atom is 0.257 e. The lowest BCUT2D eigenvalue weighted by molar-refractivity contribution is 0.0824. The van der Waals surface area contributed by atoms with Crippen molar-refractivity contribution in [2.24, 2.45) is 0 Å². The minimum Gasteiger partial charge on any atom is -0.494 e. The summed E-state index contributed by atoms with van der Waals surface area (Å²) >= 11 is 6.02. The van der Waals surface area contributed by atoms with E-state index in [9.17, 15) is 13.2 Å². The van der Waals surface area contributed by atoms with Crippen molar-refractivity contribution >= 4 is 27.5 Å². The van der Waals surface area contributed by atoms with Gasteiger partial charge in [-0.3, -0.25) is 4.79 Å². The van der Waals surface area contributed by atoms with Gasteiger partial charge in [0.1, 0.15) is 4.90 Å². The van der Waals surface area contributed by atoms with Crippen molar-refractivity contribution in [1.29, 1.82) is 0 Å². The van der Waals surface area contributed by atoms with Crippen LogP contribution >= 0.6 is 11.6 Å². The van der Waals surface area contributed by atoms with E-state index in [2.05, 4.69) is 10.0 Å². The van der Waals surface area contributed by atoms with Crippen LogP contribution in [-0.2, 0) is 10.0 Å². The molecule has 0 aliphatic heterocycles. The van der Waals surface area contributed by atoms with Crippen LogP contribution in [0.1, 0.15) is 24.2 Å². The number of likely N-dealkylation sites (N-methyl/N-ethyl adjacent to an activating group) is 1. The summed E-state index contributed by atoms with van der Waals surface area (Å²) in [7, 11) is 0.550. The van der Waals surface area contributed by atoms with E-state index < -0.39 is 15.9 Å². The zero-order chi connectivity index (χ0) is 18.5. The highest BCUT2D eigenvalue weighted by Gasteiger charge is 2.26. The molecular weight excluding hydrogens is 354 g/mol. The van der Waals surface area contributed by atoms with E-state index in [4.69, 9.17) is 16.3 Å². The van der Waals surface area contributed by atoms with Crippen LogP contribution in [0.15, 0.2) is 17.0 Å². The number of nitrogens with one attached hydrogen (secondary N) is 2. The fourth-order valence-electron chi connectivity index (χ4n) is 2.11. The van der Waals surface area contributed by atoms with Gasteiger partial charge in [0.15, 0.2) is 5.75 Å². The third-order valence-electron chi connectivity index (χ3n) is 3.28. The van der Waals surface area contributed by atoms with Gasteiger partial charge in [-0.15, -0.1) is 0 Å². The van der Waals surface area contributed by atoms with Crippen molar-refractivity contribution in [3.8, 4) is 5.75 Å². The Hall–Kier alpha value is -1.35. The summed E-state index contributed by atoms with van der Waals surface area (Å²) < 4.78 is 32.9. The summed E-state index contributed by atoms with van der Waals surface area (Å²) in [6, 6.07) is 2.62. The van der Waals surface area contributed by atoms with Crippen LogP contribution in [0.5, 0.6) is 5.75 Å². The van der Waals surface area contributed by atoms with Gasteiger partial charge in [0.2, 0.25) is 10.0 Å². The number of carbonyl (C=O) groups is 1.